The average Bonchev–Trinajstić information content (AvgIpc) is 2.78. The molecule has 21 heavy (non-hydrogen) atoms. The molecule has 0 aromatic heterocycles. The second kappa shape index (κ2) is 4.94. The maximum atomic E-state index is 10.4. The van der Waals surface area contributed by atoms with Crippen molar-refractivity contribution in [1.29, 1.82) is 0 Å². The van der Waals surface area contributed by atoms with Crippen LogP contribution >= 0.6 is 0 Å². The molecule has 3 nitrogen and oxygen atoms in total. The monoisotopic (exact) mass is 294 g/mol. The summed E-state index contributed by atoms with van der Waals surface area (Å²) in [4.78, 5) is 0. The molecule has 3 N–H and O–H groups in total. The van der Waals surface area contributed by atoms with Crippen LogP contribution in [-0.4, -0.2) is 33.6 Å². The standard InChI is InChI=1S/C18H30O3/c1-18-9-8-11-10-4-6-15(19)17(21)13(10)3-2-12(11)14(18)5-7-16(18)20/h10-17,19-21H,2-9H2,1H3/t10-,11-,12-,13-,14+,15+,16+,17+,18+/m1/s1. The summed E-state index contributed by atoms with van der Waals surface area (Å²) in [7, 11) is 0. The largest absolute Gasteiger partial charge is 0.393 e. The van der Waals surface area contributed by atoms with Gasteiger partial charge in [-0.2, -0.15) is 0 Å². The van der Waals surface area contributed by atoms with Gasteiger partial charge in [0.25, 0.3) is 0 Å². The Kier molecular flexibility index (Phi) is 3.40. The van der Waals surface area contributed by atoms with E-state index in [1.807, 2.05) is 0 Å². The molecular weight excluding hydrogens is 264 g/mol. The van der Waals surface area contributed by atoms with Gasteiger partial charge < -0.3 is 15.3 Å². The molecule has 0 aromatic rings. The number of hydrogen-bond acceptors (Lipinski definition) is 3. The van der Waals surface area contributed by atoms with Crippen LogP contribution in [0.1, 0.15) is 58.3 Å². The topological polar surface area (TPSA) is 60.7 Å². The zero-order valence-corrected chi connectivity index (χ0v) is 13.1. The summed E-state index contributed by atoms with van der Waals surface area (Å²) in [5.41, 5.74) is 0.154. The Bertz CT molecular complexity index is 411. The van der Waals surface area contributed by atoms with E-state index in [-0.39, 0.29) is 11.5 Å². The highest BCUT2D eigenvalue weighted by molar-refractivity contribution is 5.07. The van der Waals surface area contributed by atoms with Crippen LogP contribution in [0.3, 0.4) is 0 Å². The van der Waals surface area contributed by atoms with Crippen LogP contribution in [0, 0.1) is 35.0 Å². The molecule has 120 valence electrons. The highest BCUT2D eigenvalue weighted by Crippen LogP contribution is 2.62. The molecule has 9 atom stereocenters. The first kappa shape index (κ1) is 14.5. The molecule has 0 aromatic carbocycles. The molecule has 0 bridgehead atoms. The summed E-state index contributed by atoms with van der Waals surface area (Å²) in [5.74, 6) is 3.12. The van der Waals surface area contributed by atoms with Gasteiger partial charge in [-0.3, -0.25) is 0 Å². The number of rotatable bonds is 0. The van der Waals surface area contributed by atoms with Gasteiger partial charge in [0.1, 0.15) is 0 Å². The van der Waals surface area contributed by atoms with Crippen LogP contribution in [0.4, 0.5) is 0 Å². The van der Waals surface area contributed by atoms with Crippen molar-refractivity contribution in [2.24, 2.45) is 35.0 Å². The molecule has 0 saturated heterocycles. The quantitative estimate of drug-likeness (QED) is 0.642. The number of hydrogen-bond donors (Lipinski definition) is 3. The van der Waals surface area contributed by atoms with Gasteiger partial charge in [-0.25, -0.2) is 0 Å². The first-order valence-electron chi connectivity index (χ1n) is 9.06. The van der Waals surface area contributed by atoms with Crippen molar-refractivity contribution in [3.05, 3.63) is 0 Å². The van der Waals surface area contributed by atoms with Crippen molar-refractivity contribution in [3.63, 3.8) is 0 Å². The molecule has 4 aliphatic carbocycles. The molecule has 4 aliphatic rings. The molecular formula is C18H30O3. The first-order valence-corrected chi connectivity index (χ1v) is 9.06. The van der Waals surface area contributed by atoms with E-state index < -0.39 is 12.2 Å². The van der Waals surface area contributed by atoms with E-state index in [1.54, 1.807) is 0 Å². The molecule has 4 rings (SSSR count). The Morgan fingerprint density at radius 2 is 1.38 bits per heavy atom. The summed E-state index contributed by atoms with van der Waals surface area (Å²) in [6, 6.07) is 0. The van der Waals surface area contributed by atoms with Crippen molar-refractivity contribution in [1.82, 2.24) is 0 Å². The van der Waals surface area contributed by atoms with Gasteiger partial charge in [-0.1, -0.05) is 6.92 Å². The van der Waals surface area contributed by atoms with Crippen molar-refractivity contribution < 1.29 is 15.3 Å². The van der Waals surface area contributed by atoms with E-state index in [2.05, 4.69) is 6.92 Å². The lowest BCUT2D eigenvalue weighted by Crippen LogP contribution is -2.53. The summed E-state index contributed by atoms with van der Waals surface area (Å²) in [6.07, 6.45) is 7.61. The van der Waals surface area contributed by atoms with Crippen molar-refractivity contribution >= 4 is 0 Å². The van der Waals surface area contributed by atoms with Gasteiger partial charge in [0.15, 0.2) is 0 Å². The molecule has 0 spiro atoms. The minimum atomic E-state index is -0.495. The fourth-order valence-corrected chi connectivity index (χ4v) is 6.82. The second-order valence-corrected chi connectivity index (χ2v) is 8.61. The molecule has 4 fully saturated rings. The van der Waals surface area contributed by atoms with Gasteiger partial charge >= 0.3 is 0 Å². The Labute approximate surface area is 127 Å². The lowest BCUT2D eigenvalue weighted by Gasteiger charge is -2.56. The fourth-order valence-electron chi connectivity index (χ4n) is 6.82. The van der Waals surface area contributed by atoms with Gasteiger partial charge in [0.05, 0.1) is 18.3 Å². The maximum Gasteiger partial charge on any atom is 0.0829 e. The zero-order valence-electron chi connectivity index (χ0n) is 13.1. The SMILES string of the molecule is C[C@]12CC[C@@H]3[C@H]4CC[C@H](O)[C@@H](O)[C@@H]4CC[C@H]3[C@@H]1CC[C@@H]2O. The lowest BCUT2D eigenvalue weighted by atomic mass is 9.50. The number of aliphatic hydroxyl groups excluding tert-OH is 3. The van der Waals surface area contributed by atoms with Gasteiger partial charge in [0, 0.05) is 0 Å². The highest BCUT2D eigenvalue weighted by atomic mass is 16.3. The molecule has 0 radical (unpaired) electrons. The van der Waals surface area contributed by atoms with E-state index >= 15 is 0 Å². The molecule has 0 heterocycles. The van der Waals surface area contributed by atoms with Crippen LogP contribution in [0.5, 0.6) is 0 Å². The van der Waals surface area contributed by atoms with Gasteiger partial charge in [-0.15, -0.1) is 0 Å². The Balaban J connectivity index is 1.58. The predicted molar refractivity (Wildman–Crippen MR) is 80.5 cm³/mol. The number of aliphatic hydroxyl groups is 3. The summed E-state index contributed by atoms with van der Waals surface area (Å²) < 4.78 is 0. The van der Waals surface area contributed by atoms with E-state index in [1.165, 1.54) is 19.3 Å². The summed E-state index contributed by atoms with van der Waals surface area (Å²) in [5, 5.41) is 30.7. The Morgan fingerprint density at radius 3 is 2.19 bits per heavy atom. The molecule has 0 aliphatic heterocycles. The smallest absolute Gasteiger partial charge is 0.0829 e. The predicted octanol–water partition coefficient (Wildman–Crippen LogP) is 2.33. The molecule has 0 amide bonds. The third-order valence-corrected chi connectivity index (χ3v) is 8.00. The highest BCUT2D eigenvalue weighted by Gasteiger charge is 2.57. The van der Waals surface area contributed by atoms with Crippen molar-refractivity contribution in [2.45, 2.75) is 76.6 Å². The zero-order chi connectivity index (χ0) is 14.8. The van der Waals surface area contributed by atoms with Crippen LogP contribution in [0.15, 0.2) is 0 Å². The van der Waals surface area contributed by atoms with E-state index in [9.17, 15) is 15.3 Å². The second-order valence-electron chi connectivity index (χ2n) is 8.61. The summed E-state index contributed by atoms with van der Waals surface area (Å²) >= 11 is 0. The minimum Gasteiger partial charge on any atom is -0.393 e. The average molecular weight is 294 g/mol. The Morgan fingerprint density at radius 1 is 0.714 bits per heavy atom. The number of fused-ring (bicyclic) bond motifs is 5. The van der Waals surface area contributed by atoms with Gasteiger partial charge in [-0.05, 0) is 86.4 Å². The first-order chi connectivity index (χ1) is 10.0. The maximum absolute atomic E-state index is 10.4. The fraction of sp³-hybridized carbons (Fsp3) is 1.00. The third kappa shape index (κ3) is 1.96. The van der Waals surface area contributed by atoms with Crippen LogP contribution in [0.2, 0.25) is 0 Å². The van der Waals surface area contributed by atoms with Crippen LogP contribution in [-0.2, 0) is 0 Å². The molecule has 3 heteroatoms. The Hall–Kier alpha value is -0.120. The van der Waals surface area contributed by atoms with E-state index in [0.717, 1.165) is 43.9 Å². The molecule has 4 saturated carbocycles. The lowest BCUT2D eigenvalue weighted by molar-refractivity contribution is -0.135. The van der Waals surface area contributed by atoms with E-state index in [0.29, 0.717) is 17.8 Å². The van der Waals surface area contributed by atoms with Crippen molar-refractivity contribution in [2.75, 3.05) is 0 Å². The van der Waals surface area contributed by atoms with Crippen LogP contribution in [0.25, 0.3) is 0 Å². The third-order valence-electron chi connectivity index (χ3n) is 8.00. The minimum absolute atomic E-state index is 0.0973. The normalized spacial score (nSPS) is 60.0. The van der Waals surface area contributed by atoms with Crippen molar-refractivity contribution in [3.8, 4) is 0 Å². The summed E-state index contributed by atoms with van der Waals surface area (Å²) in [6.45, 7) is 2.32. The molecule has 0 unspecified atom stereocenters. The van der Waals surface area contributed by atoms with Crippen LogP contribution < -0.4 is 0 Å². The van der Waals surface area contributed by atoms with E-state index in [4.69, 9.17) is 0 Å². The van der Waals surface area contributed by atoms with Gasteiger partial charge in [0.2, 0.25) is 0 Å².